The lowest BCUT2D eigenvalue weighted by atomic mass is 10.1. The minimum Gasteiger partial charge on any atom is -0.258 e. The van der Waals surface area contributed by atoms with Crippen LogP contribution in [0.25, 0.3) is 0 Å². The Morgan fingerprint density at radius 2 is 2.00 bits per heavy atom. The van der Waals surface area contributed by atoms with Crippen molar-refractivity contribution in [3.8, 4) is 12.3 Å². The first-order chi connectivity index (χ1) is 6.56. The molecule has 0 radical (unpaired) electrons. The number of nitro benzene ring substituents is 1. The number of hydrogen-bond acceptors (Lipinski definition) is 2. The summed E-state index contributed by atoms with van der Waals surface area (Å²) in [4.78, 5) is 9.61. The first kappa shape index (κ1) is 10.1. The Labute approximate surface area is 78.5 Å². The number of nitrogens with zero attached hydrogens (tertiary/aromatic N) is 1. The van der Waals surface area contributed by atoms with Crippen LogP contribution in [-0.4, -0.2) is 4.92 Å². The molecule has 0 heterocycles. The van der Waals surface area contributed by atoms with E-state index < -0.39 is 22.2 Å². The second-order valence-electron chi connectivity index (χ2n) is 2.53. The van der Waals surface area contributed by atoms with Crippen molar-refractivity contribution in [2.45, 2.75) is 6.42 Å². The van der Waals surface area contributed by atoms with E-state index in [2.05, 4.69) is 5.92 Å². The second-order valence-corrected chi connectivity index (χ2v) is 2.53. The van der Waals surface area contributed by atoms with Crippen LogP contribution in [-0.2, 0) is 6.42 Å². The molecule has 0 aromatic heterocycles. The Bertz CT molecular complexity index is 424. The van der Waals surface area contributed by atoms with Crippen molar-refractivity contribution in [3.63, 3.8) is 0 Å². The van der Waals surface area contributed by atoms with Gasteiger partial charge in [0.2, 0.25) is 0 Å². The van der Waals surface area contributed by atoms with Gasteiger partial charge in [-0.25, -0.2) is 8.78 Å². The summed E-state index contributed by atoms with van der Waals surface area (Å²) in [5.41, 5.74) is -0.502. The Kier molecular flexibility index (Phi) is 2.77. The zero-order chi connectivity index (χ0) is 10.7. The van der Waals surface area contributed by atoms with Crippen LogP contribution in [0.4, 0.5) is 14.5 Å². The number of halogens is 2. The largest absolute Gasteiger partial charge is 0.276 e. The van der Waals surface area contributed by atoms with Crippen molar-refractivity contribution < 1.29 is 13.7 Å². The van der Waals surface area contributed by atoms with Crippen LogP contribution in [0.5, 0.6) is 0 Å². The normalized spacial score (nSPS) is 9.50. The maximum Gasteiger partial charge on any atom is 0.276 e. The van der Waals surface area contributed by atoms with Gasteiger partial charge in [0.1, 0.15) is 0 Å². The molecule has 14 heavy (non-hydrogen) atoms. The Morgan fingerprint density at radius 1 is 1.43 bits per heavy atom. The fraction of sp³-hybridized carbons (Fsp3) is 0.111. The van der Waals surface area contributed by atoms with Crippen LogP contribution in [0.15, 0.2) is 12.1 Å². The lowest BCUT2D eigenvalue weighted by Crippen LogP contribution is -1.98. The summed E-state index contributed by atoms with van der Waals surface area (Å²) in [5.74, 6) is -0.258. The van der Waals surface area contributed by atoms with Gasteiger partial charge in [-0.15, -0.1) is 12.3 Å². The molecule has 0 atom stereocenters. The van der Waals surface area contributed by atoms with E-state index in [0.29, 0.717) is 6.07 Å². The van der Waals surface area contributed by atoms with Gasteiger partial charge in [-0.3, -0.25) is 10.1 Å². The van der Waals surface area contributed by atoms with Gasteiger partial charge in [0.25, 0.3) is 5.69 Å². The maximum atomic E-state index is 12.7. The lowest BCUT2D eigenvalue weighted by Gasteiger charge is -1.99. The molecular formula is C9H5F2NO2. The summed E-state index contributed by atoms with van der Waals surface area (Å²) in [6, 6.07) is 1.27. The number of hydrogen-bond donors (Lipinski definition) is 0. The van der Waals surface area contributed by atoms with Crippen molar-refractivity contribution in [2.24, 2.45) is 0 Å². The molecule has 1 aromatic rings. The van der Waals surface area contributed by atoms with Crippen molar-refractivity contribution in [1.29, 1.82) is 0 Å². The van der Waals surface area contributed by atoms with Crippen LogP contribution in [0.1, 0.15) is 5.56 Å². The summed E-state index contributed by atoms with van der Waals surface area (Å²) in [6.07, 6.45) is 4.83. The molecule has 0 aliphatic heterocycles. The molecule has 5 heteroatoms. The monoisotopic (exact) mass is 197 g/mol. The number of rotatable bonds is 2. The predicted octanol–water partition coefficient (Wildman–Crippen LogP) is 2.05. The highest BCUT2D eigenvalue weighted by Crippen LogP contribution is 2.22. The van der Waals surface area contributed by atoms with Gasteiger partial charge in [-0.2, -0.15) is 0 Å². The quantitative estimate of drug-likeness (QED) is 0.413. The summed E-state index contributed by atoms with van der Waals surface area (Å²) in [7, 11) is 0. The fourth-order valence-corrected chi connectivity index (χ4v) is 0.999. The van der Waals surface area contributed by atoms with Gasteiger partial charge in [-0.05, 0) is 6.07 Å². The van der Waals surface area contributed by atoms with Crippen LogP contribution < -0.4 is 0 Å². The van der Waals surface area contributed by atoms with Crippen molar-refractivity contribution in [1.82, 2.24) is 0 Å². The van der Waals surface area contributed by atoms with Crippen LogP contribution in [0, 0.1) is 34.1 Å². The van der Waals surface area contributed by atoms with Gasteiger partial charge >= 0.3 is 0 Å². The summed E-state index contributed by atoms with van der Waals surface area (Å²) in [5, 5.41) is 10.4. The Morgan fingerprint density at radius 3 is 2.50 bits per heavy atom. The summed E-state index contributed by atoms with van der Waals surface area (Å²) >= 11 is 0. The minimum absolute atomic E-state index is 0.00333. The molecule has 0 saturated heterocycles. The molecule has 0 amide bonds. The highest BCUT2D eigenvalue weighted by Gasteiger charge is 2.17. The molecule has 0 fully saturated rings. The third-order valence-electron chi connectivity index (χ3n) is 1.61. The van der Waals surface area contributed by atoms with Gasteiger partial charge < -0.3 is 0 Å². The van der Waals surface area contributed by atoms with Crippen molar-refractivity contribution in [3.05, 3.63) is 39.4 Å². The highest BCUT2D eigenvalue weighted by atomic mass is 19.2. The Hall–Kier alpha value is -1.96. The molecule has 1 aromatic carbocycles. The van der Waals surface area contributed by atoms with Crippen LogP contribution in [0.2, 0.25) is 0 Å². The van der Waals surface area contributed by atoms with Crippen molar-refractivity contribution >= 4 is 5.69 Å². The summed E-state index contributed by atoms with van der Waals surface area (Å²) in [6.45, 7) is 0. The van der Waals surface area contributed by atoms with E-state index in [1.54, 1.807) is 0 Å². The first-order valence-corrected chi connectivity index (χ1v) is 3.62. The fourth-order valence-electron chi connectivity index (χ4n) is 0.999. The highest BCUT2D eigenvalue weighted by molar-refractivity contribution is 5.42. The number of benzene rings is 1. The Balaban J connectivity index is 3.32. The second kappa shape index (κ2) is 3.83. The molecule has 1 rings (SSSR count). The third-order valence-corrected chi connectivity index (χ3v) is 1.61. The van der Waals surface area contributed by atoms with E-state index in [0.717, 1.165) is 6.07 Å². The molecule has 72 valence electrons. The molecule has 3 nitrogen and oxygen atoms in total. The van der Waals surface area contributed by atoms with Gasteiger partial charge in [0.15, 0.2) is 11.6 Å². The maximum absolute atomic E-state index is 12.7. The van der Waals surface area contributed by atoms with Crippen LogP contribution in [0.3, 0.4) is 0 Å². The van der Waals surface area contributed by atoms with E-state index in [1.165, 1.54) is 0 Å². The minimum atomic E-state index is -1.25. The molecular weight excluding hydrogens is 192 g/mol. The zero-order valence-electron chi connectivity index (χ0n) is 6.96. The van der Waals surface area contributed by atoms with E-state index in [4.69, 9.17) is 6.42 Å². The number of terminal acetylenes is 1. The third kappa shape index (κ3) is 1.85. The lowest BCUT2D eigenvalue weighted by molar-refractivity contribution is -0.385. The van der Waals surface area contributed by atoms with Crippen LogP contribution >= 0.6 is 0 Å². The molecule has 0 unspecified atom stereocenters. The SMILES string of the molecule is C#CCc1cc(F)c(F)cc1[N+](=O)[O-]. The predicted molar refractivity (Wildman–Crippen MR) is 45.5 cm³/mol. The smallest absolute Gasteiger partial charge is 0.258 e. The molecule has 0 bridgehead atoms. The average Bonchev–Trinajstić information content (AvgIpc) is 2.11. The zero-order valence-corrected chi connectivity index (χ0v) is 6.96. The van der Waals surface area contributed by atoms with Gasteiger partial charge in [0, 0.05) is 12.0 Å². The topological polar surface area (TPSA) is 43.1 Å². The van der Waals surface area contributed by atoms with E-state index >= 15 is 0 Å². The molecule has 0 aliphatic carbocycles. The van der Waals surface area contributed by atoms with E-state index in [9.17, 15) is 18.9 Å². The molecule has 0 N–H and O–H groups in total. The van der Waals surface area contributed by atoms with E-state index in [1.807, 2.05) is 0 Å². The average molecular weight is 197 g/mol. The van der Waals surface area contributed by atoms with E-state index in [-0.39, 0.29) is 12.0 Å². The molecule has 0 aliphatic rings. The summed E-state index contributed by atoms with van der Waals surface area (Å²) < 4.78 is 25.3. The molecule has 0 spiro atoms. The standard InChI is InChI=1S/C9H5F2NO2/c1-2-3-6-4-7(10)8(11)5-9(6)12(13)14/h1,4-5H,3H2. The molecule has 0 saturated carbocycles. The van der Waals surface area contributed by atoms with Crippen molar-refractivity contribution in [2.75, 3.05) is 0 Å². The van der Waals surface area contributed by atoms with Gasteiger partial charge in [-0.1, -0.05) is 0 Å². The first-order valence-electron chi connectivity index (χ1n) is 3.62. The van der Waals surface area contributed by atoms with Gasteiger partial charge in [0.05, 0.1) is 11.0 Å². The number of nitro groups is 1.